The van der Waals surface area contributed by atoms with E-state index in [1.165, 1.54) is 0 Å². The van der Waals surface area contributed by atoms with E-state index in [4.69, 9.17) is 4.74 Å². The molecule has 128 valence electrons. The zero-order valence-corrected chi connectivity index (χ0v) is 13.8. The van der Waals surface area contributed by atoms with Crippen LogP contribution in [0.4, 0.5) is 0 Å². The molecule has 0 spiro atoms. The number of hydrogen-bond donors (Lipinski definition) is 1. The van der Waals surface area contributed by atoms with Gasteiger partial charge in [-0.05, 0) is 25.0 Å². The van der Waals surface area contributed by atoms with Gasteiger partial charge in [0.1, 0.15) is 17.9 Å². The minimum absolute atomic E-state index is 0.0238. The molecule has 0 saturated carbocycles. The first kappa shape index (κ1) is 16.4. The molecule has 1 saturated heterocycles. The molecule has 1 aromatic heterocycles. The van der Waals surface area contributed by atoms with Crippen LogP contribution in [0.1, 0.15) is 18.7 Å². The average Bonchev–Trinajstić information content (AvgIpc) is 2.98. The number of carbonyl (C=O) groups excluding carboxylic acids is 1. The number of piperidine rings is 1. The molecule has 7 nitrogen and oxygen atoms in total. The van der Waals surface area contributed by atoms with Crippen LogP contribution in [-0.4, -0.2) is 56.0 Å². The van der Waals surface area contributed by atoms with E-state index in [2.05, 4.69) is 10.2 Å². The van der Waals surface area contributed by atoms with Crippen molar-refractivity contribution in [3.8, 4) is 5.75 Å². The molecule has 2 aromatic rings. The third-order valence-corrected chi connectivity index (χ3v) is 4.31. The quantitative estimate of drug-likeness (QED) is 0.877. The van der Waals surface area contributed by atoms with E-state index in [0.29, 0.717) is 31.0 Å². The lowest BCUT2D eigenvalue weighted by Crippen LogP contribution is -2.52. The van der Waals surface area contributed by atoms with E-state index in [1.807, 2.05) is 37.4 Å². The lowest BCUT2D eigenvalue weighted by molar-refractivity contribution is -0.140. The van der Waals surface area contributed by atoms with Gasteiger partial charge in [-0.15, -0.1) is 10.2 Å². The van der Waals surface area contributed by atoms with E-state index >= 15 is 0 Å². The first-order chi connectivity index (χ1) is 11.6. The van der Waals surface area contributed by atoms with Crippen molar-refractivity contribution in [3.63, 3.8) is 0 Å². The smallest absolute Gasteiger partial charge is 0.260 e. The molecule has 0 radical (unpaired) electrons. The summed E-state index contributed by atoms with van der Waals surface area (Å²) in [7, 11) is 1.85. The number of benzene rings is 1. The number of carbonyl (C=O) groups is 1. The van der Waals surface area contributed by atoms with Crippen molar-refractivity contribution in [1.29, 1.82) is 0 Å². The predicted octanol–water partition coefficient (Wildman–Crippen LogP) is 0.790. The highest BCUT2D eigenvalue weighted by Gasteiger charge is 2.36. The van der Waals surface area contributed by atoms with Gasteiger partial charge in [-0.1, -0.05) is 18.2 Å². The Hall–Kier alpha value is -2.41. The summed E-state index contributed by atoms with van der Waals surface area (Å²) in [6.45, 7) is 0.902. The van der Waals surface area contributed by atoms with Gasteiger partial charge >= 0.3 is 0 Å². The molecule has 1 aromatic carbocycles. The molecule has 1 amide bonds. The van der Waals surface area contributed by atoms with Crippen LogP contribution >= 0.6 is 0 Å². The standard InChI is InChI=1S/C17H22N4O3/c1-20-13-18-19-15(20)10-17(23)8-5-9-21(12-17)16(22)11-24-14-6-3-2-4-7-14/h2-4,6-7,13,23H,5,8-12H2,1H3. The highest BCUT2D eigenvalue weighted by molar-refractivity contribution is 5.78. The van der Waals surface area contributed by atoms with E-state index in [0.717, 1.165) is 6.42 Å². The summed E-state index contributed by atoms with van der Waals surface area (Å²) >= 11 is 0. The van der Waals surface area contributed by atoms with Gasteiger partial charge in [0.05, 0.1) is 5.60 Å². The number of ether oxygens (including phenoxy) is 1. The number of likely N-dealkylation sites (tertiary alicyclic amines) is 1. The normalized spacial score (nSPS) is 20.8. The average molecular weight is 330 g/mol. The Morgan fingerprint density at radius 1 is 1.38 bits per heavy atom. The van der Waals surface area contributed by atoms with E-state index in [1.54, 1.807) is 15.8 Å². The van der Waals surface area contributed by atoms with Crippen LogP contribution in [0.3, 0.4) is 0 Å². The Kier molecular flexibility index (Phi) is 4.80. The molecule has 1 aliphatic rings. The molecule has 1 N–H and O–H groups in total. The van der Waals surface area contributed by atoms with Crippen LogP contribution in [0.25, 0.3) is 0 Å². The summed E-state index contributed by atoms with van der Waals surface area (Å²) < 4.78 is 7.30. The van der Waals surface area contributed by atoms with Crippen molar-refractivity contribution >= 4 is 5.91 Å². The van der Waals surface area contributed by atoms with Crippen LogP contribution in [0.2, 0.25) is 0 Å². The zero-order chi connectivity index (χ0) is 17.0. The van der Waals surface area contributed by atoms with E-state index in [9.17, 15) is 9.90 Å². The predicted molar refractivity (Wildman–Crippen MR) is 87.4 cm³/mol. The molecule has 0 bridgehead atoms. The van der Waals surface area contributed by atoms with Crippen molar-refractivity contribution < 1.29 is 14.6 Å². The summed E-state index contributed by atoms with van der Waals surface area (Å²) in [6, 6.07) is 9.24. The fraction of sp³-hybridized carbons (Fsp3) is 0.471. The van der Waals surface area contributed by atoms with Crippen molar-refractivity contribution in [2.24, 2.45) is 7.05 Å². The second kappa shape index (κ2) is 7.00. The Morgan fingerprint density at radius 2 is 2.17 bits per heavy atom. The third-order valence-electron chi connectivity index (χ3n) is 4.31. The number of aromatic nitrogens is 3. The summed E-state index contributed by atoms with van der Waals surface area (Å²) in [6.07, 6.45) is 3.39. The lowest BCUT2D eigenvalue weighted by Gasteiger charge is -2.39. The van der Waals surface area contributed by atoms with Gasteiger partial charge in [0.2, 0.25) is 0 Å². The molecular formula is C17H22N4O3. The molecule has 1 atom stereocenters. The minimum atomic E-state index is -0.971. The molecule has 0 aliphatic carbocycles. The van der Waals surface area contributed by atoms with Crippen molar-refractivity contribution in [2.75, 3.05) is 19.7 Å². The monoisotopic (exact) mass is 330 g/mol. The minimum Gasteiger partial charge on any atom is -0.484 e. The summed E-state index contributed by atoms with van der Waals surface area (Å²) in [5.74, 6) is 1.26. The number of β-amino-alcohol motifs (C(OH)–C–C–N with tert-alkyl or cyclic N) is 1. The van der Waals surface area contributed by atoms with Gasteiger partial charge in [-0.2, -0.15) is 0 Å². The molecule has 1 unspecified atom stereocenters. The van der Waals surface area contributed by atoms with E-state index in [-0.39, 0.29) is 19.1 Å². The van der Waals surface area contributed by atoms with Crippen molar-refractivity contribution in [1.82, 2.24) is 19.7 Å². The summed E-state index contributed by atoms with van der Waals surface area (Å²) in [5.41, 5.74) is -0.971. The van der Waals surface area contributed by atoms with E-state index < -0.39 is 5.60 Å². The second-order valence-electron chi connectivity index (χ2n) is 6.28. The summed E-state index contributed by atoms with van der Waals surface area (Å²) in [5, 5.41) is 18.7. The van der Waals surface area contributed by atoms with Crippen LogP contribution in [0.15, 0.2) is 36.7 Å². The molecular weight excluding hydrogens is 308 g/mol. The van der Waals surface area contributed by atoms with Gasteiger partial charge in [0.25, 0.3) is 5.91 Å². The van der Waals surface area contributed by atoms with Gasteiger partial charge < -0.3 is 19.3 Å². The first-order valence-electron chi connectivity index (χ1n) is 8.07. The van der Waals surface area contributed by atoms with Crippen molar-refractivity contribution in [2.45, 2.75) is 24.9 Å². The maximum atomic E-state index is 12.4. The molecule has 2 heterocycles. The number of para-hydroxylation sites is 1. The van der Waals surface area contributed by atoms with Crippen LogP contribution in [-0.2, 0) is 18.3 Å². The number of aliphatic hydroxyl groups is 1. The Labute approximate surface area is 140 Å². The molecule has 7 heteroatoms. The SMILES string of the molecule is Cn1cnnc1CC1(O)CCCN(C(=O)COc2ccccc2)C1. The maximum absolute atomic E-state index is 12.4. The summed E-state index contributed by atoms with van der Waals surface area (Å²) in [4.78, 5) is 14.1. The fourth-order valence-corrected chi connectivity index (χ4v) is 2.98. The highest BCUT2D eigenvalue weighted by Crippen LogP contribution is 2.24. The number of amides is 1. The lowest BCUT2D eigenvalue weighted by atomic mass is 9.89. The number of rotatable bonds is 5. The van der Waals surface area contributed by atoms with Crippen LogP contribution in [0.5, 0.6) is 5.75 Å². The van der Waals surface area contributed by atoms with Gasteiger partial charge in [-0.25, -0.2) is 0 Å². The Bertz CT molecular complexity index is 688. The van der Waals surface area contributed by atoms with Crippen molar-refractivity contribution in [3.05, 3.63) is 42.5 Å². The Morgan fingerprint density at radius 3 is 2.88 bits per heavy atom. The third kappa shape index (κ3) is 3.91. The molecule has 3 rings (SSSR count). The highest BCUT2D eigenvalue weighted by atomic mass is 16.5. The second-order valence-corrected chi connectivity index (χ2v) is 6.28. The van der Waals surface area contributed by atoms with Gasteiger partial charge in [0, 0.05) is 26.6 Å². The number of nitrogens with zero attached hydrogens (tertiary/aromatic N) is 4. The zero-order valence-electron chi connectivity index (χ0n) is 13.8. The fourth-order valence-electron chi connectivity index (χ4n) is 2.98. The molecule has 24 heavy (non-hydrogen) atoms. The largest absolute Gasteiger partial charge is 0.484 e. The topological polar surface area (TPSA) is 80.5 Å². The first-order valence-corrected chi connectivity index (χ1v) is 8.07. The van der Waals surface area contributed by atoms with Crippen LogP contribution < -0.4 is 4.74 Å². The molecule has 1 aliphatic heterocycles. The Balaban J connectivity index is 1.58. The van der Waals surface area contributed by atoms with Gasteiger partial charge in [0.15, 0.2) is 6.61 Å². The number of hydrogen-bond acceptors (Lipinski definition) is 5. The molecule has 1 fully saturated rings. The van der Waals surface area contributed by atoms with Gasteiger partial charge in [-0.3, -0.25) is 4.79 Å². The number of aryl methyl sites for hydroxylation is 1. The van der Waals surface area contributed by atoms with Crippen LogP contribution in [0, 0.1) is 0 Å². The maximum Gasteiger partial charge on any atom is 0.260 e.